The Morgan fingerprint density at radius 1 is 1.58 bits per heavy atom. The maximum Gasteiger partial charge on any atom is 0.307 e. The van der Waals surface area contributed by atoms with Gasteiger partial charge >= 0.3 is 5.97 Å². The van der Waals surface area contributed by atoms with Crippen LogP contribution in [0.3, 0.4) is 0 Å². The smallest absolute Gasteiger partial charge is 0.307 e. The summed E-state index contributed by atoms with van der Waals surface area (Å²) in [5, 5.41) is 0. The zero-order valence-electron chi connectivity index (χ0n) is 7.53. The molecule has 4 heteroatoms. The van der Waals surface area contributed by atoms with Crippen molar-refractivity contribution in [1.29, 1.82) is 0 Å². The number of carbonyl (C=O) groups is 1. The first-order chi connectivity index (χ1) is 5.61. The van der Waals surface area contributed by atoms with Crippen molar-refractivity contribution in [2.75, 3.05) is 7.11 Å². The summed E-state index contributed by atoms with van der Waals surface area (Å²) in [5.74, 6) is -0.210. The van der Waals surface area contributed by atoms with E-state index in [0.29, 0.717) is 0 Å². The third kappa shape index (κ3) is 3.88. The van der Waals surface area contributed by atoms with Gasteiger partial charge in [0.25, 0.3) is 0 Å². The lowest BCUT2D eigenvalue weighted by atomic mass is 10.0. The quantitative estimate of drug-likeness (QED) is 0.359. The summed E-state index contributed by atoms with van der Waals surface area (Å²) in [5.41, 5.74) is 0. The van der Waals surface area contributed by atoms with Crippen molar-refractivity contribution in [2.24, 2.45) is 10.9 Å². The monoisotopic (exact) mass is 171 g/mol. The molecule has 0 aromatic carbocycles. The molecule has 0 heterocycles. The van der Waals surface area contributed by atoms with Gasteiger partial charge in [0.15, 0.2) is 0 Å². The topological polar surface area (TPSA) is 55.7 Å². The van der Waals surface area contributed by atoms with Crippen molar-refractivity contribution in [3.05, 3.63) is 0 Å². The fourth-order valence-corrected chi connectivity index (χ4v) is 0.752. The van der Waals surface area contributed by atoms with Gasteiger partial charge in [0.05, 0.1) is 19.6 Å². The van der Waals surface area contributed by atoms with Crippen LogP contribution in [0.1, 0.15) is 20.3 Å². The number of isocyanates is 1. The summed E-state index contributed by atoms with van der Waals surface area (Å²) < 4.78 is 4.45. The molecule has 0 spiro atoms. The Morgan fingerprint density at radius 3 is 2.50 bits per heavy atom. The Kier molecular flexibility index (Phi) is 4.97. The average molecular weight is 171 g/mol. The van der Waals surface area contributed by atoms with E-state index in [4.69, 9.17) is 0 Å². The Labute approximate surface area is 71.6 Å². The van der Waals surface area contributed by atoms with Crippen LogP contribution in [0, 0.1) is 5.92 Å². The van der Waals surface area contributed by atoms with Crippen molar-refractivity contribution in [2.45, 2.75) is 26.3 Å². The molecule has 0 fully saturated rings. The van der Waals surface area contributed by atoms with E-state index in [1.54, 1.807) is 0 Å². The highest BCUT2D eigenvalue weighted by Gasteiger charge is 2.16. The van der Waals surface area contributed by atoms with Gasteiger partial charge in [-0.15, -0.1) is 0 Å². The molecule has 1 unspecified atom stereocenters. The van der Waals surface area contributed by atoms with Crippen molar-refractivity contribution >= 4 is 12.0 Å². The molecule has 0 saturated carbocycles. The molecule has 12 heavy (non-hydrogen) atoms. The molecule has 0 aromatic rings. The lowest BCUT2D eigenvalue weighted by Gasteiger charge is -2.11. The average Bonchev–Trinajstić information content (AvgIpc) is 2.03. The maximum absolute atomic E-state index is 10.8. The molecule has 0 amide bonds. The summed E-state index contributed by atoms with van der Waals surface area (Å²) in [6.07, 6.45) is 1.59. The standard InChI is InChI=1S/C8H13NO3/c1-6(2)7(9-5-10)4-8(11)12-3/h6-7H,4H2,1-3H3. The molecular weight excluding hydrogens is 158 g/mol. The van der Waals surface area contributed by atoms with Crippen LogP contribution in [-0.2, 0) is 14.3 Å². The Hall–Kier alpha value is -1.15. The molecular formula is C8H13NO3. The molecule has 0 bridgehead atoms. The van der Waals surface area contributed by atoms with Gasteiger partial charge < -0.3 is 4.74 Å². The number of hydrogen-bond donors (Lipinski definition) is 0. The highest BCUT2D eigenvalue weighted by molar-refractivity contribution is 5.70. The minimum Gasteiger partial charge on any atom is -0.469 e. The molecule has 0 aliphatic heterocycles. The Balaban J connectivity index is 4.13. The SMILES string of the molecule is COC(=O)CC(N=C=O)C(C)C. The van der Waals surface area contributed by atoms with Crippen LogP contribution in [0.15, 0.2) is 4.99 Å². The van der Waals surface area contributed by atoms with Gasteiger partial charge in [-0.25, -0.2) is 9.79 Å². The molecule has 0 saturated heterocycles. The molecule has 1 atom stereocenters. The van der Waals surface area contributed by atoms with Gasteiger partial charge in [0.1, 0.15) is 0 Å². The van der Waals surface area contributed by atoms with Crippen molar-refractivity contribution < 1.29 is 14.3 Å². The van der Waals surface area contributed by atoms with Gasteiger partial charge in [-0.2, -0.15) is 0 Å². The number of hydrogen-bond acceptors (Lipinski definition) is 4. The maximum atomic E-state index is 10.8. The number of carbonyl (C=O) groups excluding carboxylic acids is 2. The number of rotatable bonds is 4. The third-order valence-electron chi connectivity index (χ3n) is 1.59. The van der Waals surface area contributed by atoms with Crippen LogP contribution in [0.5, 0.6) is 0 Å². The van der Waals surface area contributed by atoms with Crippen LogP contribution in [-0.4, -0.2) is 25.2 Å². The van der Waals surface area contributed by atoms with E-state index < -0.39 is 0 Å². The van der Waals surface area contributed by atoms with E-state index in [2.05, 4.69) is 9.73 Å². The van der Waals surface area contributed by atoms with Gasteiger partial charge in [-0.1, -0.05) is 13.8 Å². The van der Waals surface area contributed by atoms with Crippen LogP contribution >= 0.6 is 0 Å². The second kappa shape index (κ2) is 5.49. The number of aliphatic imine (C=N–C) groups is 1. The normalized spacial score (nSPS) is 12.0. The molecule has 0 radical (unpaired) electrons. The van der Waals surface area contributed by atoms with E-state index in [1.165, 1.54) is 13.2 Å². The predicted molar refractivity (Wildman–Crippen MR) is 43.4 cm³/mol. The fraction of sp³-hybridized carbons (Fsp3) is 0.750. The highest BCUT2D eigenvalue weighted by Crippen LogP contribution is 2.10. The fourth-order valence-electron chi connectivity index (χ4n) is 0.752. The van der Waals surface area contributed by atoms with Crippen LogP contribution in [0.4, 0.5) is 0 Å². The third-order valence-corrected chi connectivity index (χ3v) is 1.59. The van der Waals surface area contributed by atoms with Crippen molar-refractivity contribution in [3.63, 3.8) is 0 Å². The summed E-state index contributed by atoms with van der Waals surface area (Å²) in [6, 6.07) is -0.310. The first kappa shape index (κ1) is 10.8. The molecule has 0 aliphatic carbocycles. The number of nitrogens with zero attached hydrogens (tertiary/aromatic N) is 1. The summed E-state index contributed by atoms with van der Waals surface area (Å²) in [4.78, 5) is 24.2. The second-order valence-electron chi connectivity index (χ2n) is 2.81. The summed E-state index contributed by atoms with van der Waals surface area (Å²) in [7, 11) is 1.31. The van der Waals surface area contributed by atoms with E-state index in [1.807, 2.05) is 13.8 Å². The number of ether oxygens (including phenoxy) is 1. The van der Waals surface area contributed by atoms with E-state index in [-0.39, 0.29) is 24.3 Å². The summed E-state index contributed by atoms with van der Waals surface area (Å²) >= 11 is 0. The minimum atomic E-state index is -0.354. The second-order valence-corrected chi connectivity index (χ2v) is 2.81. The molecule has 68 valence electrons. The van der Waals surface area contributed by atoms with Crippen molar-refractivity contribution in [3.8, 4) is 0 Å². The Morgan fingerprint density at radius 2 is 2.17 bits per heavy atom. The van der Waals surface area contributed by atoms with Crippen LogP contribution in [0.2, 0.25) is 0 Å². The van der Waals surface area contributed by atoms with Gasteiger partial charge in [0, 0.05) is 0 Å². The number of esters is 1. The summed E-state index contributed by atoms with van der Waals surface area (Å²) in [6.45, 7) is 3.77. The molecule has 0 aromatic heterocycles. The van der Waals surface area contributed by atoms with Crippen molar-refractivity contribution in [1.82, 2.24) is 0 Å². The minimum absolute atomic E-state index is 0.142. The lowest BCUT2D eigenvalue weighted by Crippen LogP contribution is -2.18. The lowest BCUT2D eigenvalue weighted by molar-refractivity contribution is -0.141. The largest absolute Gasteiger partial charge is 0.469 e. The zero-order valence-corrected chi connectivity index (χ0v) is 7.53. The predicted octanol–water partition coefficient (Wildman–Crippen LogP) is 0.910. The van der Waals surface area contributed by atoms with E-state index >= 15 is 0 Å². The van der Waals surface area contributed by atoms with E-state index in [0.717, 1.165) is 0 Å². The van der Waals surface area contributed by atoms with Crippen LogP contribution in [0.25, 0.3) is 0 Å². The first-order valence-electron chi connectivity index (χ1n) is 3.75. The first-order valence-corrected chi connectivity index (χ1v) is 3.75. The highest BCUT2D eigenvalue weighted by atomic mass is 16.5. The molecule has 0 N–H and O–H groups in total. The molecule has 0 rings (SSSR count). The van der Waals surface area contributed by atoms with Gasteiger partial charge in [-0.3, -0.25) is 4.79 Å². The van der Waals surface area contributed by atoms with Crippen LogP contribution < -0.4 is 0 Å². The van der Waals surface area contributed by atoms with Gasteiger partial charge in [0.2, 0.25) is 6.08 Å². The van der Waals surface area contributed by atoms with Gasteiger partial charge in [-0.05, 0) is 5.92 Å². The zero-order chi connectivity index (χ0) is 9.56. The Bertz CT molecular complexity index is 194. The van der Waals surface area contributed by atoms with E-state index in [9.17, 15) is 9.59 Å². The molecule has 4 nitrogen and oxygen atoms in total. The molecule has 0 aliphatic rings. The number of methoxy groups -OCH3 is 1.